The molecular formula is C18H24F2O. The molecule has 0 aliphatic heterocycles. The lowest BCUT2D eigenvalue weighted by Crippen LogP contribution is -2.29. The van der Waals surface area contributed by atoms with Crippen molar-refractivity contribution in [2.75, 3.05) is 0 Å². The van der Waals surface area contributed by atoms with Crippen molar-refractivity contribution in [1.29, 1.82) is 0 Å². The smallest absolute Gasteiger partial charge is 0.140 e. The molecule has 0 bridgehead atoms. The quantitative estimate of drug-likeness (QED) is 0.772. The maximum atomic E-state index is 13.6. The zero-order chi connectivity index (χ0) is 15.6. The van der Waals surface area contributed by atoms with Crippen LogP contribution in [-0.2, 0) is 11.2 Å². The molecule has 0 spiro atoms. The lowest BCUT2D eigenvalue weighted by atomic mass is 9.69. The van der Waals surface area contributed by atoms with E-state index in [0.717, 1.165) is 31.7 Å². The highest BCUT2D eigenvalue weighted by Crippen LogP contribution is 2.40. The molecule has 116 valence electrons. The average Bonchev–Trinajstić information content (AvgIpc) is 2.41. The van der Waals surface area contributed by atoms with Gasteiger partial charge in [0.2, 0.25) is 0 Å². The topological polar surface area (TPSA) is 17.1 Å². The first kappa shape index (κ1) is 16.1. The summed E-state index contributed by atoms with van der Waals surface area (Å²) in [5, 5.41) is 0. The summed E-state index contributed by atoms with van der Waals surface area (Å²) in [5.74, 6) is -0.439. The van der Waals surface area contributed by atoms with Gasteiger partial charge in [0.25, 0.3) is 0 Å². The van der Waals surface area contributed by atoms with Gasteiger partial charge in [-0.05, 0) is 48.6 Å². The number of rotatable bonds is 3. The first-order valence-electron chi connectivity index (χ1n) is 7.74. The van der Waals surface area contributed by atoms with E-state index in [1.54, 1.807) is 0 Å². The molecule has 1 aliphatic rings. The van der Waals surface area contributed by atoms with Gasteiger partial charge in [0.15, 0.2) is 0 Å². The van der Waals surface area contributed by atoms with Crippen molar-refractivity contribution in [2.45, 2.75) is 52.9 Å². The van der Waals surface area contributed by atoms with Crippen molar-refractivity contribution < 1.29 is 13.6 Å². The summed E-state index contributed by atoms with van der Waals surface area (Å²) in [5.41, 5.74) is 0.594. The summed E-state index contributed by atoms with van der Waals surface area (Å²) in [4.78, 5) is 12.3. The molecule has 1 aromatic rings. The number of halogens is 2. The maximum absolute atomic E-state index is 13.6. The molecule has 2 rings (SSSR count). The molecule has 3 heteroatoms. The second kappa shape index (κ2) is 6.25. The minimum atomic E-state index is -0.619. The second-order valence-electron chi connectivity index (χ2n) is 7.29. The predicted molar refractivity (Wildman–Crippen MR) is 80.0 cm³/mol. The van der Waals surface area contributed by atoms with Gasteiger partial charge in [-0.25, -0.2) is 8.78 Å². The minimum absolute atomic E-state index is 0.0352. The van der Waals surface area contributed by atoms with Crippen LogP contribution in [0.3, 0.4) is 0 Å². The van der Waals surface area contributed by atoms with E-state index >= 15 is 0 Å². The summed E-state index contributed by atoms with van der Waals surface area (Å²) in [7, 11) is 0. The van der Waals surface area contributed by atoms with Crippen molar-refractivity contribution in [3.63, 3.8) is 0 Å². The first-order chi connectivity index (χ1) is 9.77. The van der Waals surface area contributed by atoms with Crippen molar-refractivity contribution in [3.8, 4) is 0 Å². The van der Waals surface area contributed by atoms with Gasteiger partial charge in [-0.3, -0.25) is 4.79 Å². The number of hydrogen-bond donors (Lipinski definition) is 0. The second-order valence-corrected chi connectivity index (χ2v) is 7.29. The van der Waals surface area contributed by atoms with E-state index < -0.39 is 11.6 Å². The summed E-state index contributed by atoms with van der Waals surface area (Å²) >= 11 is 0. The molecule has 0 aromatic heterocycles. The molecule has 0 heterocycles. The lowest BCUT2D eigenvalue weighted by Gasteiger charge is -2.36. The van der Waals surface area contributed by atoms with Crippen LogP contribution in [0, 0.1) is 28.9 Å². The zero-order valence-electron chi connectivity index (χ0n) is 13.1. The van der Waals surface area contributed by atoms with Crippen molar-refractivity contribution in [3.05, 3.63) is 35.4 Å². The monoisotopic (exact) mass is 294 g/mol. The molecular weight excluding hydrogens is 270 g/mol. The molecule has 1 fully saturated rings. The first-order valence-corrected chi connectivity index (χ1v) is 7.74. The van der Waals surface area contributed by atoms with E-state index in [1.807, 2.05) is 0 Å². The van der Waals surface area contributed by atoms with E-state index in [9.17, 15) is 13.6 Å². The predicted octanol–water partition coefficient (Wildman–Crippen LogP) is 4.93. The van der Waals surface area contributed by atoms with Crippen molar-refractivity contribution >= 4 is 5.78 Å². The summed E-state index contributed by atoms with van der Waals surface area (Å²) in [6.07, 6.45) is 3.99. The van der Waals surface area contributed by atoms with E-state index in [-0.39, 0.29) is 23.5 Å². The van der Waals surface area contributed by atoms with E-state index in [2.05, 4.69) is 20.8 Å². The van der Waals surface area contributed by atoms with Crippen LogP contribution < -0.4 is 0 Å². The Kier molecular flexibility index (Phi) is 4.80. The fraction of sp³-hybridized carbons (Fsp3) is 0.611. The lowest BCUT2D eigenvalue weighted by molar-refractivity contribution is -0.123. The molecule has 1 aliphatic carbocycles. The van der Waals surface area contributed by atoms with Gasteiger partial charge in [0.05, 0.1) is 0 Å². The van der Waals surface area contributed by atoms with Crippen LogP contribution >= 0.6 is 0 Å². The largest absolute Gasteiger partial charge is 0.299 e. The Morgan fingerprint density at radius 1 is 1.14 bits per heavy atom. The molecule has 0 amide bonds. The number of hydrogen-bond acceptors (Lipinski definition) is 1. The Labute approximate surface area is 125 Å². The van der Waals surface area contributed by atoms with Gasteiger partial charge in [-0.2, -0.15) is 0 Å². The number of carbonyl (C=O) groups excluding carboxylic acids is 1. The Bertz CT molecular complexity index is 508. The van der Waals surface area contributed by atoms with Gasteiger partial charge in [-0.1, -0.05) is 26.8 Å². The van der Waals surface area contributed by atoms with Crippen LogP contribution in [-0.4, -0.2) is 5.78 Å². The van der Waals surface area contributed by atoms with Crippen molar-refractivity contribution in [1.82, 2.24) is 0 Å². The normalized spacial score (nSPS) is 23.1. The van der Waals surface area contributed by atoms with Crippen LogP contribution in [0.5, 0.6) is 0 Å². The molecule has 0 atom stereocenters. The van der Waals surface area contributed by atoms with Crippen LogP contribution in [0.4, 0.5) is 8.78 Å². The summed E-state index contributed by atoms with van der Waals surface area (Å²) in [6.45, 7) is 6.73. The van der Waals surface area contributed by atoms with Gasteiger partial charge in [0, 0.05) is 18.4 Å². The van der Waals surface area contributed by atoms with Gasteiger partial charge < -0.3 is 0 Å². The Morgan fingerprint density at radius 3 is 2.29 bits per heavy atom. The number of benzene rings is 1. The average molecular weight is 294 g/mol. The molecule has 0 radical (unpaired) electrons. The fourth-order valence-corrected chi connectivity index (χ4v) is 3.28. The molecule has 21 heavy (non-hydrogen) atoms. The number of carbonyl (C=O) groups is 1. The molecule has 1 nitrogen and oxygen atoms in total. The highest BCUT2D eigenvalue weighted by molar-refractivity contribution is 5.83. The minimum Gasteiger partial charge on any atom is -0.299 e. The SMILES string of the molecule is CC(C)(C)C1CCC(C(=O)Cc2ccc(F)cc2F)CC1. The van der Waals surface area contributed by atoms with Gasteiger partial charge in [-0.15, -0.1) is 0 Å². The number of ketones is 1. The maximum Gasteiger partial charge on any atom is 0.140 e. The van der Waals surface area contributed by atoms with Crippen LogP contribution in [0.25, 0.3) is 0 Å². The third-order valence-corrected chi connectivity index (χ3v) is 4.79. The summed E-state index contributed by atoms with van der Waals surface area (Å²) in [6, 6.07) is 3.44. The molecule has 0 saturated heterocycles. The van der Waals surface area contributed by atoms with Crippen LogP contribution in [0.15, 0.2) is 18.2 Å². The molecule has 1 aromatic carbocycles. The highest BCUT2D eigenvalue weighted by Gasteiger charge is 2.32. The van der Waals surface area contributed by atoms with Crippen LogP contribution in [0.2, 0.25) is 0 Å². The van der Waals surface area contributed by atoms with E-state index in [0.29, 0.717) is 11.5 Å². The number of Topliss-reactive ketones (excluding diaryl/α,β-unsaturated/α-hetero) is 1. The fourth-order valence-electron chi connectivity index (χ4n) is 3.28. The Morgan fingerprint density at radius 2 is 1.76 bits per heavy atom. The Hall–Kier alpha value is -1.25. The highest BCUT2D eigenvalue weighted by atomic mass is 19.1. The molecule has 0 unspecified atom stereocenters. The standard InChI is InChI=1S/C18H24F2O/c1-18(2,3)14-7-4-12(5-8-14)17(21)10-13-6-9-15(19)11-16(13)20/h6,9,11-12,14H,4-5,7-8,10H2,1-3H3. The summed E-state index contributed by atoms with van der Waals surface area (Å²) < 4.78 is 26.5. The van der Waals surface area contributed by atoms with Gasteiger partial charge in [0.1, 0.15) is 17.4 Å². The zero-order valence-corrected chi connectivity index (χ0v) is 13.1. The molecule has 0 N–H and O–H groups in total. The third-order valence-electron chi connectivity index (χ3n) is 4.79. The molecule has 1 saturated carbocycles. The Balaban J connectivity index is 1.93. The van der Waals surface area contributed by atoms with Crippen molar-refractivity contribution in [2.24, 2.45) is 17.3 Å². The van der Waals surface area contributed by atoms with Crippen LogP contribution in [0.1, 0.15) is 52.0 Å². The third kappa shape index (κ3) is 4.12. The van der Waals surface area contributed by atoms with Gasteiger partial charge >= 0.3 is 0 Å². The van der Waals surface area contributed by atoms with E-state index in [1.165, 1.54) is 12.1 Å². The van der Waals surface area contributed by atoms with E-state index in [4.69, 9.17) is 0 Å².